The molecule has 0 amide bonds. The maximum Gasteiger partial charge on any atom is 0.343 e. The van der Waals surface area contributed by atoms with Crippen LogP contribution in [-0.4, -0.2) is 33.1 Å². The van der Waals surface area contributed by atoms with Gasteiger partial charge in [0.1, 0.15) is 11.5 Å². The van der Waals surface area contributed by atoms with Gasteiger partial charge in [0, 0.05) is 16.1 Å². The fraction of sp³-hybridized carbons (Fsp3) is 0.120. The molecule has 3 aromatic rings. The van der Waals surface area contributed by atoms with E-state index in [9.17, 15) is 9.59 Å². The van der Waals surface area contributed by atoms with Crippen LogP contribution < -0.4 is 23.7 Å². The summed E-state index contributed by atoms with van der Waals surface area (Å²) in [7, 11) is 4.36. The minimum absolute atomic E-state index is 0.0901. The minimum Gasteiger partial charge on any atom is -0.493 e. The van der Waals surface area contributed by atoms with E-state index in [1.807, 2.05) is 0 Å². The molecule has 3 aromatic carbocycles. The van der Waals surface area contributed by atoms with Crippen molar-refractivity contribution in [1.82, 2.24) is 0 Å². The highest BCUT2D eigenvalue weighted by molar-refractivity contribution is 6.35. The zero-order chi connectivity index (χ0) is 24.4. The second-order valence-electron chi connectivity index (χ2n) is 7.07. The number of esters is 1. The van der Waals surface area contributed by atoms with E-state index in [1.165, 1.54) is 57.7 Å². The summed E-state index contributed by atoms with van der Waals surface area (Å²) < 4.78 is 27.0. The van der Waals surface area contributed by atoms with Gasteiger partial charge in [-0.25, -0.2) is 4.79 Å². The quantitative estimate of drug-likeness (QED) is 0.238. The average Bonchev–Trinajstić information content (AvgIpc) is 3.14. The highest BCUT2D eigenvalue weighted by Crippen LogP contribution is 2.39. The Balaban J connectivity index is 1.57. The lowest BCUT2D eigenvalue weighted by Gasteiger charge is -2.13. The van der Waals surface area contributed by atoms with Gasteiger partial charge in [0.05, 0.1) is 32.5 Å². The van der Waals surface area contributed by atoms with E-state index in [2.05, 4.69) is 0 Å². The van der Waals surface area contributed by atoms with E-state index in [0.29, 0.717) is 38.4 Å². The topological polar surface area (TPSA) is 80.3 Å². The first kappa shape index (κ1) is 23.5. The molecular formula is C25H18Cl2O7. The Hall–Kier alpha value is -3.68. The van der Waals surface area contributed by atoms with Gasteiger partial charge in [0.15, 0.2) is 17.3 Å². The maximum absolute atomic E-state index is 12.8. The Morgan fingerprint density at radius 3 is 2.24 bits per heavy atom. The van der Waals surface area contributed by atoms with Crippen LogP contribution in [0.25, 0.3) is 6.08 Å². The van der Waals surface area contributed by atoms with Gasteiger partial charge < -0.3 is 23.7 Å². The third-order valence-corrected chi connectivity index (χ3v) is 5.56. The molecule has 0 bridgehead atoms. The fourth-order valence-electron chi connectivity index (χ4n) is 3.36. The Morgan fingerprint density at radius 2 is 1.62 bits per heavy atom. The van der Waals surface area contributed by atoms with Gasteiger partial charge in [0.2, 0.25) is 11.5 Å². The first-order valence-corrected chi connectivity index (χ1v) is 10.7. The van der Waals surface area contributed by atoms with E-state index < -0.39 is 5.97 Å². The molecular weight excluding hydrogens is 483 g/mol. The van der Waals surface area contributed by atoms with Gasteiger partial charge in [-0.05, 0) is 48.0 Å². The monoisotopic (exact) mass is 500 g/mol. The lowest BCUT2D eigenvalue weighted by molar-refractivity contribution is 0.0733. The molecule has 1 heterocycles. The Kier molecular flexibility index (Phi) is 6.68. The van der Waals surface area contributed by atoms with Crippen molar-refractivity contribution in [1.29, 1.82) is 0 Å². The molecule has 0 aromatic heterocycles. The molecule has 9 heteroatoms. The molecule has 0 radical (unpaired) electrons. The highest BCUT2D eigenvalue weighted by Gasteiger charge is 2.28. The number of hydrogen-bond acceptors (Lipinski definition) is 7. The van der Waals surface area contributed by atoms with Crippen molar-refractivity contribution in [2.45, 2.75) is 0 Å². The number of carbonyl (C=O) groups is 2. The van der Waals surface area contributed by atoms with Crippen LogP contribution in [0.5, 0.6) is 28.7 Å². The fourth-order valence-corrected chi connectivity index (χ4v) is 3.82. The molecule has 1 aliphatic rings. The minimum atomic E-state index is -0.660. The summed E-state index contributed by atoms with van der Waals surface area (Å²) in [6.45, 7) is 0. The largest absolute Gasteiger partial charge is 0.493 e. The smallest absolute Gasteiger partial charge is 0.343 e. The molecule has 1 aliphatic heterocycles. The number of ether oxygens (including phenoxy) is 5. The molecule has 0 atom stereocenters. The van der Waals surface area contributed by atoms with Gasteiger partial charge >= 0.3 is 5.97 Å². The lowest BCUT2D eigenvalue weighted by Crippen LogP contribution is -2.09. The highest BCUT2D eigenvalue weighted by atomic mass is 35.5. The van der Waals surface area contributed by atoms with Crippen molar-refractivity contribution in [3.63, 3.8) is 0 Å². The molecule has 174 valence electrons. The first-order chi connectivity index (χ1) is 16.3. The van der Waals surface area contributed by atoms with Crippen molar-refractivity contribution in [3.8, 4) is 28.7 Å². The van der Waals surface area contributed by atoms with Gasteiger partial charge in [0.25, 0.3) is 0 Å². The van der Waals surface area contributed by atoms with Crippen LogP contribution in [0, 0.1) is 0 Å². The van der Waals surface area contributed by atoms with E-state index in [1.54, 1.807) is 18.2 Å². The molecule has 0 spiro atoms. The number of fused-ring (bicyclic) bond motifs is 1. The first-order valence-electron chi connectivity index (χ1n) is 9.90. The summed E-state index contributed by atoms with van der Waals surface area (Å²) in [5.74, 6) is 0.543. The number of ketones is 1. The Bertz CT molecular complexity index is 1310. The molecule has 0 fully saturated rings. The van der Waals surface area contributed by atoms with Gasteiger partial charge in [-0.2, -0.15) is 0 Å². The van der Waals surface area contributed by atoms with Crippen LogP contribution in [0.3, 0.4) is 0 Å². The van der Waals surface area contributed by atoms with Gasteiger partial charge in [-0.3, -0.25) is 4.79 Å². The zero-order valence-corrected chi connectivity index (χ0v) is 19.8. The van der Waals surface area contributed by atoms with Crippen LogP contribution in [0.1, 0.15) is 26.3 Å². The second kappa shape index (κ2) is 9.67. The van der Waals surface area contributed by atoms with E-state index >= 15 is 0 Å². The van der Waals surface area contributed by atoms with Gasteiger partial charge in [-0.15, -0.1) is 0 Å². The number of allylic oxidation sites excluding steroid dienone is 1. The Labute approximate surface area is 205 Å². The molecule has 34 heavy (non-hydrogen) atoms. The van der Waals surface area contributed by atoms with Crippen LogP contribution in [0.2, 0.25) is 10.0 Å². The van der Waals surface area contributed by atoms with E-state index in [4.69, 9.17) is 46.9 Å². The number of carbonyl (C=O) groups excluding carboxylic acids is 2. The molecule has 0 aliphatic carbocycles. The molecule has 0 N–H and O–H groups in total. The molecule has 4 rings (SSSR count). The summed E-state index contributed by atoms with van der Waals surface area (Å²) in [5.41, 5.74) is 1.10. The third-order valence-electron chi connectivity index (χ3n) is 5.00. The molecule has 0 unspecified atom stereocenters. The molecule has 0 saturated carbocycles. The predicted molar refractivity (Wildman–Crippen MR) is 127 cm³/mol. The SMILES string of the molecule is COc1cc(C(=O)Oc2ccc3c(c2)O/C(=C\c2ccc(Cl)cc2Cl)C3=O)cc(OC)c1OC. The van der Waals surface area contributed by atoms with Crippen molar-refractivity contribution >= 4 is 41.0 Å². The number of rotatable bonds is 6. The number of halogens is 2. The van der Waals surface area contributed by atoms with Crippen molar-refractivity contribution in [2.75, 3.05) is 21.3 Å². The lowest BCUT2D eigenvalue weighted by atomic mass is 10.1. The van der Waals surface area contributed by atoms with E-state index in [-0.39, 0.29) is 28.6 Å². The number of hydrogen-bond donors (Lipinski definition) is 0. The van der Waals surface area contributed by atoms with Crippen LogP contribution in [0.4, 0.5) is 0 Å². The van der Waals surface area contributed by atoms with Crippen LogP contribution in [0.15, 0.2) is 54.3 Å². The van der Waals surface area contributed by atoms with Crippen LogP contribution >= 0.6 is 23.2 Å². The molecule has 7 nitrogen and oxygen atoms in total. The summed E-state index contributed by atoms with van der Waals surface area (Å²) >= 11 is 12.1. The average molecular weight is 501 g/mol. The predicted octanol–water partition coefficient (Wildman–Crippen LogP) is 5.85. The maximum atomic E-state index is 12.8. The second-order valence-corrected chi connectivity index (χ2v) is 7.91. The van der Waals surface area contributed by atoms with E-state index in [0.717, 1.165) is 0 Å². The number of methoxy groups -OCH3 is 3. The van der Waals surface area contributed by atoms with Crippen LogP contribution in [-0.2, 0) is 0 Å². The van der Waals surface area contributed by atoms with Crippen molar-refractivity contribution in [2.24, 2.45) is 0 Å². The number of Topliss-reactive ketones (excluding diaryl/α,β-unsaturated/α-hetero) is 1. The van der Waals surface area contributed by atoms with Crippen molar-refractivity contribution < 1.29 is 33.3 Å². The zero-order valence-electron chi connectivity index (χ0n) is 18.3. The van der Waals surface area contributed by atoms with Crippen molar-refractivity contribution in [3.05, 3.63) is 81.0 Å². The normalized spacial score (nSPS) is 13.3. The number of benzene rings is 3. The summed E-state index contributed by atoms with van der Waals surface area (Å²) in [6.07, 6.45) is 1.53. The third kappa shape index (κ3) is 4.53. The standard InChI is InChI=1S/C25H18Cl2O7/c1-30-21-9-14(10-22(31-2)24(21)32-3)25(29)33-16-6-7-17-19(12-16)34-20(23(17)28)8-13-4-5-15(26)11-18(13)27/h4-12H,1-3H3/b20-8-. The molecule has 0 saturated heterocycles. The van der Waals surface area contributed by atoms with Gasteiger partial charge in [-0.1, -0.05) is 29.3 Å². The Morgan fingerprint density at radius 1 is 0.912 bits per heavy atom. The summed E-state index contributed by atoms with van der Waals surface area (Å²) in [4.78, 5) is 25.5. The summed E-state index contributed by atoms with van der Waals surface area (Å²) in [5, 5.41) is 0.861. The summed E-state index contributed by atoms with van der Waals surface area (Å²) in [6, 6.07) is 12.4.